The van der Waals surface area contributed by atoms with Crippen LogP contribution >= 0.6 is 24.0 Å². The molecule has 2 amide bonds. The molecule has 1 aliphatic rings. The fourth-order valence-electron chi connectivity index (χ4n) is 5.26. The van der Waals surface area contributed by atoms with Gasteiger partial charge in [0, 0.05) is 29.7 Å². The molecule has 4 rings (SSSR count). The predicted molar refractivity (Wildman–Crippen MR) is 164 cm³/mol. The number of rotatable bonds is 8. The number of hydrogen-bond donors (Lipinski definition) is 4. The van der Waals surface area contributed by atoms with Crippen LogP contribution in [0.15, 0.2) is 42.7 Å². The highest BCUT2D eigenvalue weighted by Crippen LogP contribution is 2.34. The van der Waals surface area contributed by atoms with Gasteiger partial charge in [-0.05, 0) is 62.6 Å². The van der Waals surface area contributed by atoms with Gasteiger partial charge in [-0.2, -0.15) is 0 Å². The number of nitrogens with one attached hydrogen (secondary N) is 3. The van der Waals surface area contributed by atoms with Crippen molar-refractivity contribution in [2.24, 2.45) is 17.1 Å². The first-order valence-corrected chi connectivity index (χ1v) is 13.8. The summed E-state index contributed by atoms with van der Waals surface area (Å²) < 4.78 is 14.5. The molecule has 1 saturated heterocycles. The third-order valence-corrected chi connectivity index (χ3v) is 7.85. The standard InChI is InChI=1S/C29H37ClFN7O2.ClH/c1-16(33-5)25(32)23(29(2,3)4)28(40)38-13-7-10-22(38)27(39)36-17-11-12-20-18(14-17)26(35-15-34-20)37-21-9-6-8-19(30)24(21)31;/h6,8-9,11-12,14-16,22-23,25,33H,7,10,13,32H2,1-5H3,(H,36,39)(H,34,35,37);1H/t16-,22-,23-,25?;/m0./s1. The zero-order chi connectivity index (χ0) is 29.2. The third-order valence-electron chi connectivity index (χ3n) is 7.56. The largest absolute Gasteiger partial charge is 0.337 e. The fraction of sp³-hybridized carbons (Fsp3) is 0.448. The fourth-order valence-corrected chi connectivity index (χ4v) is 5.44. The number of nitrogens with two attached hydrogens (primary N) is 1. The molecule has 0 radical (unpaired) electrons. The lowest BCUT2D eigenvalue weighted by atomic mass is 9.73. The molecule has 1 unspecified atom stereocenters. The van der Waals surface area contributed by atoms with E-state index in [1.165, 1.54) is 12.4 Å². The van der Waals surface area contributed by atoms with E-state index in [4.69, 9.17) is 17.3 Å². The molecule has 3 aromatic rings. The van der Waals surface area contributed by atoms with Gasteiger partial charge in [-0.3, -0.25) is 9.59 Å². The first-order chi connectivity index (χ1) is 18.9. The summed E-state index contributed by atoms with van der Waals surface area (Å²) in [7, 11) is 1.82. The van der Waals surface area contributed by atoms with Crippen LogP contribution in [0, 0.1) is 17.2 Å². The zero-order valence-corrected chi connectivity index (χ0v) is 25.4. The van der Waals surface area contributed by atoms with Crippen molar-refractivity contribution in [3.63, 3.8) is 0 Å². The summed E-state index contributed by atoms with van der Waals surface area (Å²) in [6, 6.07) is 8.75. The first-order valence-electron chi connectivity index (χ1n) is 13.4. The van der Waals surface area contributed by atoms with Crippen LogP contribution in [0.25, 0.3) is 10.9 Å². The van der Waals surface area contributed by atoms with Crippen molar-refractivity contribution in [1.82, 2.24) is 20.2 Å². The number of likely N-dealkylation sites (N-methyl/N-ethyl adjacent to an activating group) is 1. The van der Waals surface area contributed by atoms with Crippen molar-refractivity contribution in [3.8, 4) is 0 Å². The van der Waals surface area contributed by atoms with Crippen LogP contribution in [-0.4, -0.2) is 58.4 Å². The molecule has 0 saturated carbocycles. The summed E-state index contributed by atoms with van der Waals surface area (Å²) >= 11 is 5.93. The summed E-state index contributed by atoms with van der Waals surface area (Å²) in [5, 5.41) is 9.65. The van der Waals surface area contributed by atoms with Crippen molar-refractivity contribution in [2.45, 2.75) is 58.7 Å². The van der Waals surface area contributed by atoms with E-state index in [-0.39, 0.29) is 41.0 Å². The van der Waals surface area contributed by atoms with Crippen LogP contribution in [0.1, 0.15) is 40.5 Å². The zero-order valence-electron chi connectivity index (χ0n) is 23.9. The quantitative estimate of drug-likeness (QED) is 0.281. The van der Waals surface area contributed by atoms with Gasteiger partial charge < -0.3 is 26.6 Å². The Labute approximate surface area is 251 Å². The lowest BCUT2D eigenvalue weighted by molar-refractivity contribution is -0.144. The monoisotopic (exact) mass is 605 g/mol. The van der Waals surface area contributed by atoms with Gasteiger partial charge in [-0.25, -0.2) is 14.4 Å². The van der Waals surface area contributed by atoms with Gasteiger partial charge in [-0.15, -0.1) is 12.4 Å². The average Bonchev–Trinajstić information content (AvgIpc) is 3.41. The third kappa shape index (κ3) is 7.06. The maximum Gasteiger partial charge on any atom is 0.247 e. The molecule has 9 nitrogen and oxygen atoms in total. The Hall–Kier alpha value is -3.05. The number of aromatic nitrogens is 2. The molecule has 2 aromatic carbocycles. The number of hydrogen-bond acceptors (Lipinski definition) is 7. The molecule has 4 atom stereocenters. The molecule has 1 fully saturated rings. The van der Waals surface area contributed by atoms with E-state index in [1.807, 2.05) is 34.7 Å². The molecular formula is C29H38Cl2FN7O2. The van der Waals surface area contributed by atoms with Gasteiger partial charge in [0.05, 0.1) is 22.1 Å². The van der Waals surface area contributed by atoms with E-state index in [0.29, 0.717) is 35.4 Å². The second kappa shape index (κ2) is 13.3. The molecule has 5 N–H and O–H groups in total. The van der Waals surface area contributed by atoms with E-state index in [0.717, 1.165) is 6.42 Å². The van der Waals surface area contributed by atoms with Crippen molar-refractivity contribution in [3.05, 3.63) is 53.6 Å². The number of anilines is 3. The van der Waals surface area contributed by atoms with Gasteiger partial charge in [0.2, 0.25) is 11.8 Å². The topological polar surface area (TPSA) is 125 Å². The highest BCUT2D eigenvalue weighted by Gasteiger charge is 2.44. The summed E-state index contributed by atoms with van der Waals surface area (Å²) in [4.78, 5) is 37.6. The Morgan fingerprint density at radius 3 is 2.61 bits per heavy atom. The Morgan fingerprint density at radius 1 is 1.20 bits per heavy atom. The van der Waals surface area contributed by atoms with Crippen LogP contribution in [0.5, 0.6) is 0 Å². The van der Waals surface area contributed by atoms with Gasteiger partial charge in [0.15, 0.2) is 5.82 Å². The highest BCUT2D eigenvalue weighted by atomic mass is 35.5. The molecule has 1 aliphatic heterocycles. The number of halogens is 3. The number of benzene rings is 2. The van der Waals surface area contributed by atoms with Gasteiger partial charge in [0.25, 0.3) is 0 Å². The van der Waals surface area contributed by atoms with Crippen molar-refractivity contribution < 1.29 is 14.0 Å². The molecule has 222 valence electrons. The van der Waals surface area contributed by atoms with Crippen molar-refractivity contribution >= 4 is 63.9 Å². The number of carbonyl (C=O) groups excluding carboxylic acids is 2. The second-order valence-electron chi connectivity index (χ2n) is 11.4. The number of fused-ring (bicyclic) bond motifs is 1. The van der Waals surface area contributed by atoms with E-state index in [9.17, 15) is 14.0 Å². The predicted octanol–water partition coefficient (Wildman–Crippen LogP) is 5.11. The SMILES string of the molecule is CN[C@@H](C)C(N)[C@@H](C(=O)N1CCC[C@H]1C(=O)Nc1ccc2ncnc(Nc3cccc(Cl)c3F)c2c1)C(C)(C)C.Cl. The van der Waals surface area contributed by atoms with Crippen LogP contribution in [0.2, 0.25) is 5.02 Å². The smallest absolute Gasteiger partial charge is 0.247 e. The van der Waals surface area contributed by atoms with Crippen LogP contribution in [0.4, 0.5) is 21.6 Å². The molecular weight excluding hydrogens is 568 g/mol. The minimum Gasteiger partial charge on any atom is -0.337 e. The Morgan fingerprint density at radius 2 is 1.93 bits per heavy atom. The van der Waals surface area contributed by atoms with E-state index >= 15 is 0 Å². The first kappa shape index (κ1) is 32.5. The summed E-state index contributed by atoms with van der Waals surface area (Å²) in [6.45, 7) is 8.45. The van der Waals surface area contributed by atoms with Crippen LogP contribution < -0.4 is 21.7 Å². The Balaban J connectivity index is 0.00000462. The lowest BCUT2D eigenvalue weighted by Gasteiger charge is -2.40. The Bertz CT molecular complexity index is 1400. The number of likely N-dealkylation sites (tertiary alicyclic amines) is 1. The second-order valence-corrected chi connectivity index (χ2v) is 11.8. The molecule has 0 spiro atoms. The molecule has 12 heteroatoms. The lowest BCUT2D eigenvalue weighted by Crippen LogP contribution is -2.57. The molecule has 41 heavy (non-hydrogen) atoms. The van der Waals surface area contributed by atoms with Gasteiger partial charge in [0.1, 0.15) is 18.2 Å². The number of amides is 2. The van der Waals surface area contributed by atoms with Crippen LogP contribution in [-0.2, 0) is 9.59 Å². The molecule has 0 bridgehead atoms. The highest BCUT2D eigenvalue weighted by molar-refractivity contribution is 6.31. The van der Waals surface area contributed by atoms with Gasteiger partial charge >= 0.3 is 0 Å². The minimum atomic E-state index is -0.615. The maximum atomic E-state index is 14.5. The minimum absolute atomic E-state index is 0. The van der Waals surface area contributed by atoms with E-state index in [2.05, 4.69) is 25.9 Å². The Kier molecular flexibility index (Phi) is 10.5. The molecule has 1 aromatic heterocycles. The normalized spacial score (nSPS) is 17.5. The van der Waals surface area contributed by atoms with E-state index < -0.39 is 29.2 Å². The summed E-state index contributed by atoms with van der Waals surface area (Å²) in [5.41, 5.74) is 7.44. The molecule has 2 heterocycles. The van der Waals surface area contributed by atoms with Crippen molar-refractivity contribution in [2.75, 3.05) is 24.2 Å². The average molecular weight is 607 g/mol. The maximum absolute atomic E-state index is 14.5. The molecule has 0 aliphatic carbocycles. The van der Waals surface area contributed by atoms with Gasteiger partial charge in [-0.1, -0.05) is 38.4 Å². The summed E-state index contributed by atoms with van der Waals surface area (Å²) in [6.07, 6.45) is 2.66. The van der Waals surface area contributed by atoms with Crippen LogP contribution in [0.3, 0.4) is 0 Å². The number of carbonyl (C=O) groups is 2. The summed E-state index contributed by atoms with van der Waals surface area (Å²) in [5.74, 6) is -1.09. The van der Waals surface area contributed by atoms with E-state index in [1.54, 1.807) is 35.2 Å². The van der Waals surface area contributed by atoms with Crippen molar-refractivity contribution in [1.29, 1.82) is 0 Å². The number of nitrogens with zero attached hydrogens (tertiary/aromatic N) is 3.